The van der Waals surface area contributed by atoms with Crippen molar-refractivity contribution in [3.8, 4) is 0 Å². The molecule has 2 heteroatoms. The van der Waals surface area contributed by atoms with Gasteiger partial charge in [0.1, 0.15) is 0 Å². The monoisotopic (exact) mass is 246 g/mol. The summed E-state index contributed by atoms with van der Waals surface area (Å²) in [6, 6.07) is 6.62. The first kappa shape index (κ1) is 13.6. The Hall–Kier alpha value is -0.860. The number of rotatable bonds is 4. The Kier molecular flexibility index (Phi) is 4.79. The standard InChI is InChI=1S/C16H26N2/c1-13-5-4-6-14(2)16(13)12-18-9-7-15(8-10-18)11-17-3/h4-6,15,17H,7-12H2,1-3H3. The molecule has 0 aliphatic carbocycles. The topological polar surface area (TPSA) is 15.3 Å². The van der Waals surface area contributed by atoms with Crippen LogP contribution < -0.4 is 5.32 Å². The van der Waals surface area contributed by atoms with Crippen molar-refractivity contribution in [1.29, 1.82) is 0 Å². The maximum atomic E-state index is 3.30. The zero-order valence-electron chi connectivity index (χ0n) is 12.0. The van der Waals surface area contributed by atoms with E-state index >= 15 is 0 Å². The highest BCUT2D eigenvalue weighted by Gasteiger charge is 2.19. The van der Waals surface area contributed by atoms with Crippen molar-refractivity contribution in [2.45, 2.75) is 33.2 Å². The normalized spacial score (nSPS) is 18.2. The number of likely N-dealkylation sites (tertiary alicyclic amines) is 1. The molecule has 1 aliphatic rings. The number of nitrogens with zero attached hydrogens (tertiary/aromatic N) is 1. The van der Waals surface area contributed by atoms with E-state index in [1.807, 2.05) is 0 Å². The lowest BCUT2D eigenvalue weighted by Gasteiger charge is -2.32. The molecule has 1 aromatic rings. The minimum absolute atomic E-state index is 0.879. The minimum Gasteiger partial charge on any atom is -0.319 e. The van der Waals surface area contributed by atoms with E-state index in [1.165, 1.54) is 49.2 Å². The summed E-state index contributed by atoms with van der Waals surface area (Å²) in [7, 11) is 2.06. The highest BCUT2D eigenvalue weighted by Crippen LogP contribution is 2.21. The largest absolute Gasteiger partial charge is 0.319 e. The van der Waals surface area contributed by atoms with Gasteiger partial charge >= 0.3 is 0 Å². The summed E-state index contributed by atoms with van der Waals surface area (Å²) >= 11 is 0. The number of hydrogen-bond acceptors (Lipinski definition) is 2. The van der Waals surface area contributed by atoms with Crippen molar-refractivity contribution in [1.82, 2.24) is 10.2 Å². The van der Waals surface area contributed by atoms with Crippen LogP contribution in [0.1, 0.15) is 29.5 Å². The van der Waals surface area contributed by atoms with Crippen LogP contribution in [-0.4, -0.2) is 31.6 Å². The molecule has 0 amide bonds. The van der Waals surface area contributed by atoms with Gasteiger partial charge in [0.25, 0.3) is 0 Å². The van der Waals surface area contributed by atoms with Gasteiger partial charge in [0.05, 0.1) is 0 Å². The van der Waals surface area contributed by atoms with E-state index in [0.29, 0.717) is 0 Å². The van der Waals surface area contributed by atoms with Gasteiger partial charge in [-0.25, -0.2) is 0 Å². The molecule has 1 aromatic carbocycles. The van der Waals surface area contributed by atoms with Crippen LogP contribution in [0.5, 0.6) is 0 Å². The smallest absolute Gasteiger partial charge is 0.0238 e. The number of benzene rings is 1. The lowest BCUT2D eigenvalue weighted by molar-refractivity contribution is 0.176. The van der Waals surface area contributed by atoms with Crippen molar-refractivity contribution < 1.29 is 0 Å². The molecule has 0 saturated carbocycles. The molecule has 0 atom stereocenters. The van der Waals surface area contributed by atoms with Crippen LogP contribution in [0, 0.1) is 19.8 Å². The van der Waals surface area contributed by atoms with E-state index in [4.69, 9.17) is 0 Å². The van der Waals surface area contributed by atoms with Gasteiger partial charge in [0, 0.05) is 6.54 Å². The molecule has 1 N–H and O–H groups in total. The van der Waals surface area contributed by atoms with Crippen LogP contribution in [0.2, 0.25) is 0 Å². The van der Waals surface area contributed by atoms with Crippen LogP contribution in [0.3, 0.4) is 0 Å². The summed E-state index contributed by atoms with van der Waals surface area (Å²) in [5.74, 6) is 0.879. The Labute approximate surface area is 111 Å². The molecule has 0 aromatic heterocycles. The summed E-state index contributed by atoms with van der Waals surface area (Å²) in [4.78, 5) is 2.61. The molecule has 0 radical (unpaired) electrons. The highest BCUT2D eigenvalue weighted by atomic mass is 15.1. The number of piperidine rings is 1. The quantitative estimate of drug-likeness (QED) is 0.879. The maximum Gasteiger partial charge on any atom is 0.0238 e. The fourth-order valence-electron chi connectivity index (χ4n) is 2.96. The number of aryl methyl sites for hydroxylation is 2. The molecule has 1 aliphatic heterocycles. The molecule has 1 fully saturated rings. The summed E-state index contributed by atoms with van der Waals surface area (Å²) in [6.07, 6.45) is 2.68. The summed E-state index contributed by atoms with van der Waals surface area (Å²) in [5.41, 5.74) is 4.41. The van der Waals surface area contributed by atoms with E-state index in [9.17, 15) is 0 Å². The number of nitrogens with one attached hydrogen (secondary N) is 1. The van der Waals surface area contributed by atoms with Crippen molar-refractivity contribution in [3.05, 3.63) is 34.9 Å². The van der Waals surface area contributed by atoms with Gasteiger partial charge in [0.2, 0.25) is 0 Å². The van der Waals surface area contributed by atoms with E-state index in [1.54, 1.807) is 0 Å². The Bertz CT molecular complexity index is 358. The van der Waals surface area contributed by atoms with Crippen LogP contribution in [0.25, 0.3) is 0 Å². The van der Waals surface area contributed by atoms with Crippen molar-refractivity contribution >= 4 is 0 Å². The van der Waals surface area contributed by atoms with Crippen LogP contribution >= 0.6 is 0 Å². The molecule has 18 heavy (non-hydrogen) atoms. The van der Waals surface area contributed by atoms with Crippen LogP contribution in [0.4, 0.5) is 0 Å². The van der Waals surface area contributed by atoms with Gasteiger partial charge < -0.3 is 5.32 Å². The van der Waals surface area contributed by atoms with E-state index < -0.39 is 0 Å². The van der Waals surface area contributed by atoms with Gasteiger partial charge in [0.15, 0.2) is 0 Å². The minimum atomic E-state index is 0.879. The lowest BCUT2D eigenvalue weighted by Crippen LogP contribution is -2.36. The third-order valence-corrected chi connectivity index (χ3v) is 4.23. The maximum absolute atomic E-state index is 3.30. The summed E-state index contributed by atoms with van der Waals surface area (Å²) in [5, 5.41) is 3.30. The second kappa shape index (κ2) is 6.35. The summed E-state index contributed by atoms with van der Waals surface area (Å²) < 4.78 is 0. The van der Waals surface area contributed by atoms with Gasteiger partial charge in [-0.15, -0.1) is 0 Å². The fourth-order valence-corrected chi connectivity index (χ4v) is 2.96. The SMILES string of the molecule is CNCC1CCN(Cc2c(C)cccc2C)CC1. The first-order chi connectivity index (χ1) is 8.70. The third kappa shape index (κ3) is 3.33. The molecule has 0 bridgehead atoms. The van der Waals surface area contributed by atoms with E-state index in [0.717, 1.165) is 12.5 Å². The van der Waals surface area contributed by atoms with Crippen molar-refractivity contribution in [2.24, 2.45) is 5.92 Å². The average Bonchev–Trinajstić information content (AvgIpc) is 2.36. The molecule has 0 spiro atoms. The average molecular weight is 246 g/mol. The fraction of sp³-hybridized carbons (Fsp3) is 0.625. The zero-order valence-corrected chi connectivity index (χ0v) is 12.0. The molecule has 2 nitrogen and oxygen atoms in total. The van der Waals surface area contributed by atoms with Crippen molar-refractivity contribution in [3.63, 3.8) is 0 Å². The first-order valence-electron chi connectivity index (χ1n) is 7.12. The molecule has 1 heterocycles. The molecular weight excluding hydrogens is 220 g/mol. The molecule has 2 rings (SSSR count). The lowest BCUT2D eigenvalue weighted by atomic mass is 9.95. The Morgan fingerprint density at radius 2 is 1.78 bits per heavy atom. The zero-order chi connectivity index (χ0) is 13.0. The first-order valence-corrected chi connectivity index (χ1v) is 7.12. The predicted molar refractivity (Wildman–Crippen MR) is 77.8 cm³/mol. The second-order valence-electron chi connectivity index (χ2n) is 5.65. The molecule has 0 unspecified atom stereocenters. The molecule has 100 valence electrons. The second-order valence-corrected chi connectivity index (χ2v) is 5.65. The van der Waals surface area contributed by atoms with Gasteiger partial charge in [-0.1, -0.05) is 18.2 Å². The van der Waals surface area contributed by atoms with Gasteiger partial charge in [-0.3, -0.25) is 4.90 Å². The number of hydrogen-bond donors (Lipinski definition) is 1. The van der Waals surface area contributed by atoms with Gasteiger partial charge in [-0.05, 0) is 76.0 Å². The third-order valence-electron chi connectivity index (χ3n) is 4.23. The Morgan fingerprint density at radius 3 is 2.33 bits per heavy atom. The molecule has 1 saturated heterocycles. The van der Waals surface area contributed by atoms with E-state index in [2.05, 4.69) is 49.3 Å². The summed E-state index contributed by atoms with van der Waals surface area (Å²) in [6.45, 7) is 9.27. The van der Waals surface area contributed by atoms with Crippen LogP contribution in [-0.2, 0) is 6.54 Å². The van der Waals surface area contributed by atoms with E-state index in [-0.39, 0.29) is 0 Å². The Balaban J connectivity index is 1.92. The van der Waals surface area contributed by atoms with Crippen molar-refractivity contribution in [2.75, 3.05) is 26.7 Å². The predicted octanol–water partition coefficient (Wildman–Crippen LogP) is 2.73. The Morgan fingerprint density at radius 1 is 1.17 bits per heavy atom. The van der Waals surface area contributed by atoms with Crippen LogP contribution in [0.15, 0.2) is 18.2 Å². The van der Waals surface area contributed by atoms with Gasteiger partial charge in [-0.2, -0.15) is 0 Å². The highest BCUT2D eigenvalue weighted by molar-refractivity contribution is 5.33. The molecular formula is C16H26N2.